The van der Waals surface area contributed by atoms with Crippen molar-refractivity contribution in [2.45, 2.75) is 49.7 Å². The molecule has 1 unspecified atom stereocenters. The minimum Gasteiger partial charge on any atom is -0.383 e. The van der Waals surface area contributed by atoms with Gasteiger partial charge in [0, 0.05) is 38.3 Å². The number of carbonyl (C=O) groups excluding carboxylic acids is 1. The summed E-state index contributed by atoms with van der Waals surface area (Å²) >= 11 is 0. The van der Waals surface area contributed by atoms with Gasteiger partial charge >= 0.3 is 6.03 Å². The van der Waals surface area contributed by atoms with Crippen molar-refractivity contribution in [1.82, 2.24) is 34.6 Å². The molecule has 2 amide bonds. The number of pyridine rings is 2. The lowest BCUT2D eigenvalue weighted by Crippen LogP contribution is -2.49. The standard InChI is InChI=1S/C31H33N9O2/c32-19-36-22-9-13-38(14-10-22)30(41)39-15-11-31(42,18-39)27-8-6-23(17-35-27)40-26-16-21(20-3-4-20)5-7-25(26)37-29(40)24-2-1-12-34-28(24)33/h1-2,5-8,12,16-17,20,22,36,42H,3-4,9-11,13-15,18H2,(H2,33,34). The predicted molar refractivity (Wildman–Crippen MR) is 157 cm³/mol. The molecular weight excluding hydrogens is 530 g/mol. The summed E-state index contributed by atoms with van der Waals surface area (Å²) in [6.45, 7) is 1.82. The summed E-state index contributed by atoms with van der Waals surface area (Å²) in [5, 5.41) is 23.2. The third-order valence-corrected chi connectivity index (χ3v) is 8.84. The summed E-state index contributed by atoms with van der Waals surface area (Å²) in [5.74, 6) is 1.67. The van der Waals surface area contributed by atoms with Crippen LogP contribution >= 0.6 is 0 Å². The number of hydrogen-bond donors (Lipinski definition) is 3. The number of rotatable bonds is 5. The molecule has 214 valence electrons. The van der Waals surface area contributed by atoms with Crippen LogP contribution in [0, 0.1) is 11.5 Å². The number of nitrogens with zero attached hydrogens (tertiary/aromatic N) is 7. The number of aromatic nitrogens is 4. The van der Waals surface area contributed by atoms with Crippen molar-refractivity contribution in [1.29, 1.82) is 5.26 Å². The van der Waals surface area contributed by atoms with Gasteiger partial charge in [-0.3, -0.25) is 9.55 Å². The number of nitrogens with two attached hydrogens (primary N) is 1. The van der Waals surface area contributed by atoms with E-state index in [4.69, 9.17) is 21.0 Å². The third kappa shape index (κ3) is 4.67. The number of piperidine rings is 1. The first-order chi connectivity index (χ1) is 20.4. The zero-order valence-electron chi connectivity index (χ0n) is 23.3. The number of nitrogen functional groups attached to an aromatic ring is 1. The van der Waals surface area contributed by atoms with E-state index in [1.54, 1.807) is 17.3 Å². The van der Waals surface area contributed by atoms with Crippen molar-refractivity contribution in [3.8, 4) is 23.3 Å². The van der Waals surface area contributed by atoms with Crippen LogP contribution < -0.4 is 11.1 Å². The molecule has 2 aliphatic heterocycles. The SMILES string of the molecule is N#CNC1CCN(C(=O)N2CCC(O)(c3ccc(-n4c(-c5cccnc5N)nc5ccc(C6CC6)cc54)cn3)C2)CC1. The maximum atomic E-state index is 13.2. The van der Waals surface area contributed by atoms with E-state index in [0.29, 0.717) is 49.3 Å². The van der Waals surface area contributed by atoms with E-state index in [2.05, 4.69) is 33.1 Å². The lowest BCUT2D eigenvalue weighted by Gasteiger charge is -2.34. The molecule has 11 nitrogen and oxygen atoms in total. The first-order valence-electron chi connectivity index (χ1n) is 14.5. The van der Waals surface area contributed by atoms with Gasteiger partial charge in [-0.1, -0.05) is 6.07 Å². The van der Waals surface area contributed by atoms with E-state index in [0.717, 1.165) is 35.1 Å². The fourth-order valence-electron chi connectivity index (χ4n) is 6.28. The van der Waals surface area contributed by atoms with E-state index in [1.165, 1.54) is 18.4 Å². The summed E-state index contributed by atoms with van der Waals surface area (Å²) in [6, 6.07) is 14.0. The van der Waals surface area contributed by atoms with Gasteiger partial charge in [-0.2, -0.15) is 5.26 Å². The van der Waals surface area contributed by atoms with Gasteiger partial charge < -0.3 is 26.0 Å². The van der Waals surface area contributed by atoms with Crippen molar-refractivity contribution < 1.29 is 9.90 Å². The van der Waals surface area contributed by atoms with Crippen LogP contribution in [0.25, 0.3) is 28.1 Å². The van der Waals surface area contributed by atoms with Gasteiger partial charge in [0.05, 0.1) is 40.7 Å². The van der Waals surface area contributed by atoms with Gasteiger partial charge in [0.1, 0.15) is 17.2 Å². The summed E-state index contributed by atoms with van der Waals surface area (Å²) in [6.07, 6.45) is 9.69. The topological polar surface area (TPSA) is 149 Å². The van der Waals surface area contributed by atoms with Crippen molar-refractivity contribution in [3.05, 3.63) is 66.1 Å². The maximum absolute atomic E-state index is 13.2. The Kier molecular flexibility index (Phi) is 6.43. The van der Waals surface area contributed by atoms with Crippen LogP contribution in [0.2, 0.25) is 0 Å². The van der Waals surface area contributed by atoms with E-state index < -0.39 is 5.60 Å². The average Bonchev–Trinajstić information content (AvgIpc) is 3.69. The second-order valence-corrected chi connectivity index (χ2v) is 11.6. The highest BCUT2D eigenvalue weighted by Crippen LogP contribution is 2.42. The number of likely N-dealkylation sites (tertiary alicyclic amines) is 2. The van der Waals surface area contributed by atoms with Crippen molar-refractivity contribution in [3.63, 3.8) is 0 Å². The van der Waals surface area contributed by atoms with Gasteiger partial charge in [0.15, 0.2) is 6.19 Å². The lowest BCUT2D eigenvalue weighted by atomic mass is 9.98. The molecule has 3 aromatic heterocycles. The summed E-state index contributed by atoms with van der Waals surface area (Å²) in [7, 11) is 0. The molecule has 4 N–H and O–H groups in total. The van der Waals surface area contributed by atoms with Crippen LogP contribution in [0.5, 0.6) is 0 Å². The van der Waals surface area contributed by atoms with Gasteiger partial charge in [-0.15, -0.1) is 0 Å². The molecule has 2 saturated heterocycles. The van der Waals surface area contributed by atoms with Crippen LogP contribution in [-0.4, -0.2) is 72.7 Å². The number of imidazole rings is 1. The highest BCUT2D eigenvalue weighted by atomic mass is 16.3. The molecule has 42 heavy (non-hydrogen) atoms. The Labute approximate surface area is 243 Å². The molecule has 3 fully saturated rings. The predicted octanol–water partition coefficient (Wildman–Crippen LogP) is 3.49. The molecule has 7 rings (SSSR count). The molecule has 4 aromatic rings. The fourth-order valence-corrected chi connectivity index (χ4v) is 6.28. The molecule has 0 radical (unpaired) electrons. The molecular formula is C31H33N9O2. The van der Waals surface area contributed by atoms with Gasteiger partial charge in [-0.25, -0.2) is 14.8 Å². The number of urea groups is 1. The summed E-state index contributed by atoms with van der Waals surface area (Å²) < 4.78 is 2.06. The number of anilines is 1. The van der Waals surface area contributed by atoms with Crippen LogP contribution in [0.15, 0.2) is 54.9 Å². The van der Waals surface area contributed by atoms with Crippen LogP contribution in [0.3, 0.4) is 0 Å². The van der Waals surface area contributed by atoms with Crippen molar-refractivity contribution in [2.24, 2.45) is 0 Å². The number of nitriles is 1. The normalized spacial score (nSPS) is 21.0. The second kappa shape index (κ2) is 10.3. The van der Waals surface area contributed by atoms with Gasteiger partial charge in [-0.05, 0) is 73.6 Å². The second-order valence-electron chi connectivity index (χ2n) is 11.6. The quantitative estimate of drug-likeness (QED) is 0.247. The highest BCUT2D eigenvalue weighted by Gasteiger charge is 2.42. The third-order valence-electron chi connectivity index (χ3n) is 8.84. The van der Waals surface area contributed by atoms with E-state index in [9.17, 15) is 9.90 Å². The van der Waals surface area contributed by atoms with Gasteiger partial charge in [0.25, 0.3) is 0 Å². The molecule has 1 aromatic carbocycles. The largest absolute Gasteiger partial charge is 0.383 e. The molecule has 0 spiro atoms. The summed E-state index contributed by atoms with van der Waals surface area (Å²) in [5.41, 5.74) is 10.2. The molecule has 1 saturated carbocycles. The Morgan fingerprint density at radius 2 is 1.90 bits per heavy atom. The van der Waals surface area contributed by atoms with Crippen LogP contribution in [-0.2, 0) is 5.60 Å². The minimum atomic E-state index is -1.23. The fraction of sp³-hybridized carbons (Fsp3) is 0.387. The van der Waals surface area contributed by atoms with Crippen molar-refractivity contribution in [2.75, 3.05) is 31.9 Å². The average molecular weight is 564 g/mol. The molecule has 0 bridgehead atoms. The molecule has 11 heteroatoms. The number of β-amino-alcohol motifs (C(OH)–C–C–N with tert-alkyl or cyclic N) is 1. The van der Waals surface area contributed by atoms with Crippen LogP contribution in [0.1, 0.15) is 49.3 Å². The smallest absolute Gasteiger partial charge is 0.320 e. The Morgan fingerprint density at radius 3 is 2.62 bits per heavy atom. The zero-order chi connectivity index (χ0) is 28.8. The highest BCUT2D eigenvalue weighted by molar-refractivity contribution is 5.86. The van der Waals surface area contributed by atoms with E-state index >= 15 is 0 Å². The Bertz CT molecular complexity index is 1680. The van der Waals surface area contributed by atoms with Gasteiger partial charge in [0.2, 0.25) is 0 Å². The number of amides is 2. The zero-order valence-corrected chi connectivity index (χ0v) is 23.3. The van der Waals surface area contributed by atoms with Crippen molar-refractivity contribution >= 4 is 22.9 Å². The van der Waals surface area contributed by atoms with Crippen LogP contribution in [0.4, 0.5) is 10.6 Å². The minimum absolute atomic E-state index is 0.0759. The Morgan fingerprint density at radius 1 is 1.07 bits per heavy atom. The number of carbonyl (C=O) groups is 1. The molecule has 1 aliphatic carbocycles. The number of aliphatic hydroxyl groups is 1. The molecule has 3 aliphatic rings. The lowest BCUT2D eigenvalue weighted by molar-refractivity contribution is 0.0422. The molecule has 1 atom stereocenters. The number of fused-ring (bicyclic) bond motifs is 1. The maximum Gasteiger partial charge on any atom is 0.320 e. The number of nitrogens with one attached hydrogen (secondary N) is 1. The van der Waals surface area contributed by atoms with E-state index in [1.807, 2.05) is 35.4 Å². The summed E-state index contributed by atoms with van der Waals surface area (Å²) in [4.78, 5) is 30.7. The number of hydrogen-bond acceptors (Lipinski definition) is 8. The first-order valence-corrected chi connectivity index (χ1v) is 14.5. The first kappa shape index (κ1) is 26.2. The monoisotopic (exact) mass is 563 g/mol. The van der Waals surface area contributed by atoms with E-state index in [-0.39, 0.29) is 18.6 Å². The number of benzene rings is 1. The molecule has 5 heterocycles. The Hall–Kier alpha value is -4.69. The Balaban J connectivity index is 1.16.